The van der Waals surface area contributed by atoms with E-state index in [2.05, 4.69) is 5.32 Å². The molecule has 1 fully saturated rings. The summed E-state index contributed by atoms with van der Waals surface area (Å²) in [6.07, 6.45) is 1.96. The first-order chi connectivity index (χ1) is 8.98. The summed E-state index contributed by atoms with van der Waals surface area (Å²) in [5, 5.41) is 3.24. The van der Waals surface area contributed by atoms with E-state index >= 15 is 0 Å². The molecule has 0 saturated heterocycles. The monoisotopic (exact) mass is 282 g/mol. The number of hydrogen-bond donors (Lipinski definition) is 1. The van der Waals surface area contributed by atoms with Crippen LogP contribution in [0.15, 0.2) is 23.1 Å². The van der Waals surface area contributed by atoms with E-state index < -0.39 is 10.0 Å². The van der Waals surface area contributed by atoms with Gasteiger partial charge in [0, 0.05) is 19.6 Å². The predicted molar refractivity (Wildman–Crippen MR) is 76.5 cm³/mol. The summed E-state index contributed by atoms with van der Waals surface area (Å²) >= 11 is 0. The third-order valence-electron chi connectivity index (χ3n) is 3.68. The molecule has 0 aromatic heterocycles. The summed E-state index contributed by atoms with van der Waals surface area (Å²) in [6.45, 7) is 5.51. The molecule has 1 aliphatic carbocycles. The highest BCUT2D eigenvalue weighted by Gasteiger charge is 2.35. The van der Waals surface area contributed by atoms with Crippen LogP contribution < -0.4 is 5.32 Å². The Morgan fingerprint density at radius 1 is 1.37 bits per heavy atom. The zero-order valence-corrected chi connectivity index (χ0v) is 12.6. The number of rotatable bonds is 6. The maximum atomic E-state index is 12.6. The number of benzene rings is 1. The van der Waals surface area contributed by atoms with Crippen molar-refractivity contribution in [2.24, 2.45) is 0 Å². The molecule has 1 saturated carbocycles. The van der Waals surface area contributed by atoms with Gasteiger partial charge >= 0.3 is 0 Å². The number of hydrogen-bond acceptors (Lipinski definition) is 3. The fourth-order valence-corrected chi connectivity index (χ4v) is 3.86. The molecule has 4 nitrogen and oxygen atoms in total. The first kappa shape index (κ1) is 14.5. The van der Waals surface area contributed by atoms with Crippen molar-refractivity contribution >= 4 is 10.0 Å². The third kappa shape index (κ3) is 2.99. The van der Waals surface area contributed by atoms with Crippen molar-refractivity contribution in [2.75, 3.05) is 13.6 Å². The molecule has 19 heavy (non-hydrogen) atoms. The van der Waals surface area contributed by atoms with Gasteiger partial charge in [0.1, 0.15) is 0 Å². The van der Waals surface area contributed by atoms with Crippen LogP contribution in [-0.2, 0) is 16.6 Å². The normalized spacial score (nSPS) is 16.0. The zero-order valence-electron chi connectivity index (χ0n) is 11.8. The molecule has 106 valence electrons. The van der Waals surface area contributed by atoms with Gasteiger partial charge in [-0.2, -0.15) is 4.31 Å². The lowest BCUT2D eigenvalue weighted by atomic mass is 10.1. The molecule has 0 unspecified atom stereocenters. The zero-order chi connectivity index (χ0) is 14.0. The molecule has 0 heterocycles. The van der Waals surface area contributed by atoms with E-state index in [1.165, 1.54) is 4.31 Å². The molecule has 0 atom stereocenters. The molecule has 1 aliphatic rings. The summed E-state index contributed by atoms with van der Waals surface area (Å²) in [5.74, 6) is 0. The highest BCUT2D eigenvalue weighted by molar-refractivity contribution is 7.89. The van der Waals surface area contributed by atoms with Gasteiger partial charge in [-0.3, -0.25) is 0 Å². The second-order valence-electron chi connectivity index (χ2n) is 5.07. The lowest BCUT2D eigenvalue weighted by molar-refractivity contribution is 0.463. The first-order valence-electron chi connectivity index (χ1n) is 6.75. The minimum atomic E-state index is -3.35. The van der Waals surface area contributed by atoms with Crippen molar-refractivity contribution in [3.63, 3.8) is 0 Å². The molecule has 5 heteroatoms. The molecule has 0 bridgehead atoms. The van der Waals surface area contributed by atoms with Crippen LogP contribution >= 0.6 is 0 Å². The molecular weight excluding hydrogens is 260 g/mol. The molecule has 2 rings (SSSR count). The van der Waals surface area contributed by atoms with Gasteiger partial charge in [0.2, 0.25) is 10.0 Å². The van der Waals surface area contributed by atoms with Crippen molar-refractivity contribution in [3.05, 3.63) is 29.3 Å². The SMILES string of the molecule is CCNCc1cccc(S(=O)(=O)N(C)C2CC2)c1C. The van der Waals surface area contributed by atoms with Gasteiger partial charge in [-0.15, -0.1) is 0 Å². The van der Waals surface area contributed by atoms with Gasteiger partial charge in [-0.05, 0) is 43.5 Å². The topological polar surface area (TPSA) is 49.4 Å². The maximum absolute atomic E-state index is 12.6. The Morgan fingerprint density at radius 3 is 2.63 bits per heavy atom. The van der Waals surface area contributed by atoms with E-state index in [9.17, 15) is 8.42 Å². The predicted octanol–water partition coefficient (Wildman–Crippen LogP) is 1.89. The van der Waals surface area contributed by atoms with Gasteiger partial charge in [0.25, 0.3) is 0 Å². The Kier molecular flexibility index (Phi) is 4.28. The summed E-state index contributed by atoms with van der Waals surface area (Å²) < 4.78 is 26.7. The largest absolute Gasteiger partial charge is 0.313 e. The molecule has 0 aliphatic heterocycles. The van der Waals surface area contributed by atoms with Crippen molar-refractivity contribution < 1.29 is 8.42 Å². The number of sulfonamides is 1. The van der Waals surface area contributed by atoms with Gasteiger partial charge in [0.05, 0.1) is 4.90 Å². The van der Waals surface area contributed by atoms with E-state index in [-0.39, 0.29) is 6.04 Å². The van der Waals surface area contributed by atoms with Crippen molar-refractivity contribution in [3.8, 4) is 0 Å². The third-order valence-corrected chi connectivity index (χ3v) is 5.73. The minimum Gasteiger partial charge on any atom is -0.313 e. The smallest absolute Gasteiger partial charge is 0.243 e. The van der Waals surface area contributed by atoms with Gasteiger partial charge < -0.3 is 5.32 Å². The van der Waals surface area contributed by atoms with Crippen LogP contribution in [0.5, 0.6) is 0 Å². The standard InChI is InChI=1S/C14H22N2O2S/c1-4-15-10-12-6-5-7-14(11(12)2)19(17,18)16(3)13-8-9-13/h5-7,13,15H,4,8-10H2,1-3H3. The lowest BCUT2D eigenvalue weighted by Gasteiger charge is -2.19. The van der Waals surface area contributed by atoms with E-state index in [4.69, 9.17) is 0 Å². The summed E-state index contributed by atoms with van der Waals surface area (Å²) in [7, 11) is -1.66. The number of nitrogens with one attached hydrogen (secondary N) is 1. The molecule has 1 aromatic rings. The van der Waals surface area contributed by atoms with Crippen LogP contribution in [0.4, 0.5) is 0 Å². The van der Waals surface area contributed by atoms with Crippen LogP contribution in [-0.4, -0.2) is 32.4 Å². The van der Waals surface area contributed by atoms with Gasteiger partial charge in [-0.25, -0.2) is 8.42 Å². The average molecular weight is 282 g/mol. The Balaban J connectivity index is 2.33. The average Bonchev–Trinajstić information content (AvgIpc) is 3.20. The van der Waals surface area contributed by atoms with Gasteiger partial charge in [-0.1, -0.05) is 19.1 Å². The van der Waals surface area contributed by atoms with E-state index in [0.717, 1.165) is 30.5 Å². The van der Waals surface area contributed by atoms with Crippen molar-refractivity contribution in [2.45, 2.75) is 44.2 Å². The Bertz CT molecular complexity index is 551. The minimum absolute atomic E-state index is 0.196. The Labute approximate surface area is 115 Å². The van der Waals surface area contributed by atoms with Crippen molar-refractivity contribution in [1.29, 1.82) is 0 Å². The summed E-state index contributed by atoms with van der Waals surface area (Å²) in [5.41, 5.74) is 1.91. The summed E-state index contributed by atoms with van der Waals surface area (Å²) in [4.78, 5) is 0.442. The second kappa shape index (κ2) is 5.61. The van der Waals surface area contributed by atoms with E-state index in [1.54, 1.807) is 13.1 Å². The molecular formula is C14H22N2O2S. The molecule has 1 N–H and O–H groups in total. The second-order valence-corrected chi connectivity index (χ2v) is 7.04. The van der Waals surface area contributed by atoms with Crippen LogP contribution in [0.1, 0.15) is 30.9 Å². The van der Waals surface area contributed by atoms with Gasteiger partial charge in [0.15, 0.2) is 0 Å². The van der Waals surface area contributed by atoms with Crippen LogP contribution in [0.25, 0.3) is 0 Å². The Hall–Kier alpha value is -0.910. The maximum Gasteiger partial charge on any atom is 0.243 e. The van der Waals surface area contributed by atoms with E-state index in [1.807, 2.05) is 26.0 Å². The fraction of sp³-hybridized carbons (Fsp3) is 0.571. The summed E-state index contributed by atoms with van der Waals surface area (Å²) in [6, 6.07) is 5.71. The highest BCUT2D eigenvalue weighted by Crippen LogP contribution is 2.31. The molecule has 0 amide bonds. The fourth-order valence-electron chi connectivity index (χ4n) is 2.18. The first-order valence-corrected chi connectivity index (χ1v) is 8.19. The van der Waals surface area contributed by atoms with E-state index in [0.29, 0.717) is 11.4 Å². The van der Waals surface area contributed by atoms with Crippen molar-refractivity contribution in [1.82, 2.24) is 9.62 Å². The lowest BCUT2D eigenvalue weighted by Crippen LogP contribution is -2.29. The van der Waals surface area contributed by atoms with Crippen LogP contribution in [0.3, 0.4) is 0 Å². The highest BCUT2D eigenvalue weighted by atomic mass is 32.2. The molecule has 0 spiro atoms. The molecule has 1 aromatic carbocycles. The molecule has 0 radical (unpaired) electrons. The van der Waals surface area contributed by atoms with Crippen LogP contribution in [0, 0.1) is 6.92 Å². The van der Waals surface area contributed by atoms with Crippen LogP contribution in [0.2, 0.25) is 0 Å². The number of nitrogens with zero attached hydrogens (tertiary/aromatic N) is 1. The quantitative estimate of drug-likeness (QED) is 0.867. The Morgan fingerprint density at radius 2 is 2.05 bits per heavy atom.